The number of ether oxygens (including phenoxy) is 1. The molecule has 2 atom stereocenters. The smallest absolute Gasteiger partial charge is 0.342 e. The summed E-state index contributed by atoms with van der Waals surface area (Å²) in [5, 5.41) is 9.65. The van der Waals surface area contributed by atoms with Crippen molar-refractivity contribution >= 4 is 5.97 Å². The molecule has 0 bridgehead atoms. The van der Waals surface area contributed by atoms with Gasteiger partial charge in [0.15, 0.2) is 0 Å². The van der Waals surface area contributed by atoms with Gasteiger partial charge < -0.3 is 9.84 Å². The fourth-order valence-corrected chi connectivity index (χ4v) is 2.01. The molecule has 3 nitrogen and oxygen atoms in total. The van der Waals surface area contributed by atoms with Gasteiger partial charge in [-0.15, -0.1) is 0 Å². The summed E-state index contributed by atoms with van der Waals surface area (Å²) in [6, 6.07) is 16.3. The maximum absolute atomic E-state index is 12.0. The molecule has 0 aliphatic carbocycles. The molecule has 0 saturated carbocycles. The third-order valence-electron chi connectivity index (χ3n) is 3.45. The standard InChI is InChI=1S/C17H18O3/c1-12(14-8-4-3-5-9-14)13(2)20-17(19)15-10-6-7-11-16(15)18/h3-13,18H,1-2H3. The Labute approximate surface area is 118 Å². The van der Waals surface area contributed by atoms with Gasteiger partial charge in [0.2, 0.25) is 0 Å². The zero-order valence-corrected chi connectivity index (χ0v) is 11.6. The molecule has 2 aromatic carbocycles. The molecule has 3 heteroatoms. The molecule has 2 unspecified atom stereocenters. The Bertz CT molecular complexity index is 578. The molecule has 2 rings (SSSR count). The molecular weight excluding hydrogens is 252 g/mol. The van der Waals surface area contributed by atoms with Crippen molar-refractivity contribution < 1.29 is 14.6 Å². The first-order chi connectivity index (χ1) is 9.59. The largest absolute Gasteiger partial charge is 0.507 e. The fourth-order valence-electron chi connectivity index (χ4n) is 2.01. The molecule has 20 heavy (non-hydrogen) atoms. The van der Waals surface area contributed by atoms with E-state index in [0.717, 1.165) is 5.56 Å². The number of carbonyl (C=O) groups is 1. The Morgan fingerprint density at radius 1 is 1.00 bits per heavy atom. The van der Waals surface area contributed by atoms with E-state index in [0.29, 0.717) is 0 Å². The molecule has 0 aliphatic heterocycles. The van der Waals surface area contributed by atoms with E-state index in [9.17, 15) is 9.90 Å². The minimum atomic E-state index is -0.501. The first-order valence-corrected chi connectivity index (χ1v) is 6.63. The number of benzene rings is 2. The minimum Gasteiger partial charge on any atom is -0.507 e. The van der Waals surface area contributed by atoms with E-state index in [1.807, 2.05) is 44.2 Å². The lowest BCUT2D eigenvalue weighted by atomic mass is 9.96. The summed E-state index contributed by atoms with van der Waals surface area (Å²) >= 11 is 0. The van der Waals surface area contributed by atoms with Gasteiger partial charge >= 0.3 is 5.97 Å². The molecule has 0 aliphatic rings. The topological polar surface area (TPSA) is 46.5 Å². The molecule has 1 N–H and O–H groups in total. The molecule has 2 aromatic rings. The highest BCUT2D eigenvalue weighted by Gasteiger charge is 2.20. The van der Waals surface area contributed by atoms with E-state index in [1.165, 1.54) is 6.07 Å². The van der Waals surface area contributed by atoms with Gasteiger partial charge in [0.25, 0.3) is 0 Å². The van der Waals surface area contributed by atoms with Crippen LogP contribution in [0.4, 0.5) is 0 Å². The lowest BCUT2D eigenvalue weighted by Gasteiger charge is -2.21. The number of phenols is 1. The predicted molar refractivity (Wildman–Crippen MR) is 77.8 cm³/mol. The maximum atomic E-state index is 12.0. The number of carbonyl (C=O) groups excluding carboxylic acids is 1. The molecule has 0 heterocycles. The van der Waals surface area contributed by atoms with Crippen molar-refractivity contribution in [3.63, 3.8) is 0 Å². The Hall–Kier alpha value is -2.29. The van der Waals surface area contributed by atoms with Gasteiger partial charge in [-0.2, -0.15) is 0 Å². The van der Waals surface area contributed by atoms with E-state index in [4.69, 9.17) is 4.74 Å². The summed E-state index contributed by atoms with van der Waals surface area (Å²) in [5.74, 6) is -0.471. The number of hydrogen-bond donors (Lipinski definition) is 1. The minimum absolute atomic E-state index is 0.0583. The van der Waals surface area contributed by atoms with Gasteiger partial charge in [-0.1, -0.05) is 49.4 Å². The van der Waals surface area contributed by atoms with Crippen LogP contribution >= 0.6 is 0 Å². The Morgan fingerprint density at radius 3 is 2.25 bits per heavy atom. The summed E-state index contributed by atoms with van der Waals surface area (Å²) in [6.45, 7) is 3.87. The quantitative estimate of drug-likeness (QED) is 0.861. The van der Waals surface area contributed by atoms with E-state index in [2.05, 4.69) is 0 Å². The van der Waals surface area contributed by atoms with E-state index >= 15 is 0 Å². The Balaban J connectivity index is 2.07. The fraction of sp³-hybridized carbons (Fsp3) is 0.235. The van der Waals surface area contributed by atoms with Crippen molar-refractivity contribution in [2.45, 2.75) is 25.9 Å². The third kappa shape index (κ3) is 3.18. The highest BCUT2D eigenvalue weighted by atomic mass is 16.5. The number of aromatic hydroxyl groups is 1. The average molecular weight is 270 g/mol. The molecule has 104 valence electrons. The zero-order valence-electron chi connectivity index (χ0n) is 11.6. The summed E-state index contributed by atoms with van der Waals surface area (Å²) in [5.41, 5.74) is 1.31. The summed E-state index contributed by atoms with van der Waals surface area (Å²) in [6.07, 6.45) is -0.274. The maximum Gasteiger partial charge on any atom is 0.342 e. The number of esters is 1. The second-order valence-corrected chi connectivity index (χ2v) is 4.83. The van der Waals surface area contributed by atoms with Crippen LogP contribution < -0.4 is 0 Å². The number of phenolic OH excluding ortho intramolecular Hbond substituents is 1. The SMILES string of the molecule is CC(OC(=O)c1ccccc1O)C(C)c1ccccc1. The van der Waals surface area contributed by atoms with Crippen LogP contribution in [0.25, 0.3) is 0 Å². The van der Waals surface area contributed by atoms with Crippen molar-refractivity contribution in [2.24, 2.45) is 0 Å². The van der Waals surface area contributed by atoms with Gasteiger partial charge in [0, 0.05) is 5.92 Å². The Morgan fingerprint density at radius 2 is 1.60 bits per heavy atom. The average Bonchev–Trinajstić information content (AvgIpc) is 2.47. The lowest BCUT2D eigenvalue weighted by molar-refractivity contribution is 0.0290. The van der Waals surface area contributed by atoms with Crippen LogP contribution in [-0.4, -0.2) is 17.2 Å². The van der Waals surface area contributed by atoms with Crippen LogP contribution in [0.2, 0.25) is 0 Å². The normalized spacial score (nSPS) is 13.5. The molecule has 0 spiro atoms. The molecule has 0 amide bonds. The van der Waals surface area contributed by atoms with Crippen molar-refractivity contribution in [3.05, 3.63) is 65.7 Å². The molecular formula is C17H18O3. The summed E-state index contributed by atoms with van der Waals surface area (Å²) in [7, 11) is 0. The number of hydrogen-bond acceptors (Lipinski definition) is 3. The third-order valence-corrected chi connectivity index (χ3v) is 3.45. The van der Waals surface area contributed by atoms with Gasteiger partial charge in [-0.3, -0.25) is 0 Å². The molecule has 0 radical (unpaired) electrons. The van der Waals surface area contributed by atoms with Crippen molar-refractivity contribution in [1.29, 1.82) is 0 Å². The predicted octanol–water partition coefficient (Wildman–Crippen LogP) is 3.74. The first kappa shape index (κ1) is 14.1. The molecule has 0 aromatic heterocycles. The van der Waals surface area contributed by atoms with Crippen molar-refractivity contribution in [1.82, 2.24) is 0 Å². The zero-order chi connectivity index (χ0) is 14.5. The van der Waals surface area contributed by atoms with E-state index < -0.39 is 5.97 Å². The van der Waals surface area contributed by atoms with Crippen LogP contribution in [0.15, 0.2) is 54.6 Å². The summed E-state index contributed by atoms with van der Waals surface area (Å²) < 4.78 is 5.43. The van der Waals surface area contributed by atoms with Crippen LogP contribution in [0.5, 0.6) is 5.75 Å². The van der Waals surface area contributed by atoms with Gasteiger partial charge in [0.1, 0.15) is 17.4 Å². The second-order valence-electron chi connectivity index (χ2n) is 4.83. The monoisotopic (exact) mass is 270 g/mol. The van der Waals surface area contributed by atoms with Gasteiger partial charge in [-0.25, -0.2) is 4.79 Å². The second kappa shape index (κ2) is 6.24. The van der Waals surface area contributed by atoms with Crippen LogP contribution in [0, 0.1) is 0 Å². The molecule has 0 saturated heterocycles. The van der Waals surface area contributed by atoms with Crippen molar-refractivity contribution in [3.8, 4) is 5.75 Å². The van der Waals surface area contributed by atoms with Crippen molar-refractivity contribution in [2.75, 3.05) is 0 Å². The van der Waals surface area contributed by atoms with Crippen LogP contribution in [0.3, 0.4) is 0 Å². The highest BCUT2D eigenvalue weighted by molar-refractivity contribution is 5.92. The Kier molecular flexibility index (Phi) is 4.41. The lowest BCUT2D eigenvalue weighted by Crippen LogP contribution is -2.21. The van der Waals surface area contributed by atoms with E-state index in [1.54, 1.807) is 18.2 Å². The summed E-state index contributed by atoms with van der Waals surface area (Å²) in [4.78, 5) is 12.0. The van der Waals surface area contributed by atoms with Gasteiger partial charge in [-0.05, 0) is 24.6 Å². The van der Waals surface area contributed by atoms with Gasteiger partial charge in [0.05, 0.1) is 0 Å². The first-order valence-electron chi connectivity index (χ1n) is 6.63. The number of para-hydroxylation sites is 1. The number of rotatable bonds is 4. The van der Waals surface area contributed by atoms with Crippen LogP contribution in [-0.2, 0) is 4.74 Å². The highest BCUT2D eigenvalue weighted by Crippen LogP contribution is 2.23. The molecule has 0 fully saturated rings. The van der Waals surface area contributed by atoms with E-state index in [-0.39, 0.29) is 23.3 Å². The van der Waals surface area contributed by atoms with Crippen LogP contribution in [0.1, 0.15) is 35.7 Å².